The molecule has 1 N–H and O–H groups in total. The maximum atomic E-state index is 4.81. The van der Waals surface area contributed by atoms with Crippen LogP contribution in [0.1, 0.15) is 18.4 Å². The average Bonchev–Trinajstić information content (AvgIpc) is 3.09. The second-order valence-electron chi connectivity index (χ2n) is 3.92. The van der Waals surface area contributed by atoms with Crippen LogP contribution in [0.2, 0.25) is 0 Å². The number of thioether (sulfide) groups is 1. The SMILES string of the molecule is CONCc1ccc(SCC2CC2)cc1. The lowest BCUT2D eigenvalue weighted by molar-refractivity contribution is 0.0867. The molecule has 0 heterocycles. The Bertz CT molecular complexity index is 295. The van der Waals surface area contributed by atoms with Crippen molar-refractivity contribution in [3.63, 3.8) is 0 Å². The fraction of sp³-hybridized carbons (Fsp3) is 0.500. The standard InChI is InChI=1S/C12H17NOS/c1-14-13-8-10-4-6-12(7-5-10)15-9-11-2-3-11/h4-7,11,13H,2-3,8-9H2,1H3. The maximum Gasteiger partial charge on any atom is 0.0572 e. The van der Waals surface area contributed by atoms with Gasteiger partial charge in [-0.25, -0.2) is 0 Å². The fourth-order valence-corrected chi connectivity index (χ4v) is 2.45. The van der Waals surface area contributed by atoms with E-state index in [2.05, 4.69) is 29.7 Å². The Labute approximate surface area is 95.4 Å². The van der Waals surface area contributed by atoms with E-state index >= 15 is 0 Å². The second kappa shape index (κ2) is 5.54. The summed E-state index contributed by atoms with van der Waals surface area (Å²) in [7, 11) is 1.64. The minimum atomic E-state index is 0.768. The Morgan fingerprint density at radius 1 is 1.33 bits per heavy atom. The highest BCUT2D eigenvalue weighted by atomic mass is 32.2. The van der Waals surface area contributed by atoms with Crippen LogP contribution in [-0.2, 0) is 11.4 Å². The third kappa shape index (κ3) is 3.86. The second-order valence-corrected chi connectivity index (χ2v) is 5.02. The van der Waals surface area contributed by atoms with Crippen molar-refractivity contribution < 1.29 is 4.84 Å². The predicted molar refractivity (Wildman–Crippen MR) is 63.7 cm³/mol. The zero-order valence-electron chi connectivity index (χ0n) is 9.03. The van der Waals surface area contributed by atoms with E-state index in [4.69, 9.17) is 4.84 Å². The van der Waals surface area contributed by atoms with E-state index in [0.717, 1.165) is 12.5 Å². The molecule has 1 saturated carbocycles. The predicted octanol–water partition coefficient (Wildman–Crippen LogP) is 2.84. The number of hydroxylamine groups is 1. The molecule has 15 heavy (non-hydrogen) atoms. The molecule has 1 aromatic carbocycles. The minimum Gasteiger partial charge on any atom is -0.305 e. The molecule has 82 valence electrons. The zero-order chi connectivity index (χ0) is 10.5. The van der Waals surface area contributed by atoms with Crippen LogP contribution in [-0.4, -0.2) is 12.9 Å². The van der Waals surface area contributed by atoms with Crippen LogP contribution < -0.4 is 5.48 Å². The van der Waals surface area contributed by atoms with Crippen molar-refractivity contribution in [2.45, 2.75) is 24.3 Å². The molecular weight excluding hydrogens is 206 g/mol. The van der Waals surface area contributed by atoms with Crippen molar-refractivity contribution in [1.82, 2.24) is 5.48 Å². The number of hydrogen-bond donors (Lipinski definition) is 1. The molecule has 0 amide bonds. The van der Waals surface area contributed by atoms with E-state index in [1.54, 1.807) is 7.11 Å². The molecule has 2 rings (SSSR count). The van der Waals surface area contributed by atoms with Gasteiger partial charge in [0.1, 0.15) is 0 Å². The smallest absolute Gasteiger partial charge is 0.0572 e. The van der Waals surface area contributed by atoms with Gasteiger partial charge in [-0.15, -0.1) is 11.8 Å². The van der Waals surface area contributed by atoms with Gasteiger partial charge in [-0.3, -0.25) is 0 Å². The molecule has 1 fully saturated rings. The number of hydrogen-bond acceptors (Lipinski definition) is 3. The van der Waals surface area contributed by atoms with Crippen LogP contribution in [0, 0.1) is 5.92 Å². The summed E-state index contributed by atoms with van der Waals surface area (Å²) >= 11 is 1.97. The maximum absolute atomic E-state index is 4.81. The first kappa shape index (κ1) is 11.0. The van der Waals surface area contributed by atoms with Gasteiger partial charge in [0, 0.05) is 17.2 Å². The monoisotopic (exact) mass is 223 g/mol. The first-order valence-electron chi connectivity index (χ1n) is 5.36. The lowest BCUT2D eigenvalue weighted by Crippen LogP contribution is -2.10. The fourth-order valence-electron chi connectivity index (χ4n) is 1.36. The molecule has 2 nitrogen and oxygen atoms in total. The largest absolute Gasteiger partial charge is 0.305 e. The Kier molecular flexibility index (Phi) is 4.06. The summed E-state index contributed by atoms with van der Waals surface area (Å²) in [4.78, 5) is 6.19. The van der Waals surface area contributed by atoms with Gasteiger partial charge < -0.3 is 4.84 Å². The van der Waals surface area contributed by atoms with Crippen molar-refractivity contribution in [3.8, 4) is 0 Å². The van der Waals surface area contributed by atoms with Gasteiger partial charge in [0.2, 0.25) is 0 Å². The average molecular weight is 223 g/mol. The first-order valence-corrected chi connectivity index (χ1v) is 6.34. The quantitative estimate of drug-likeness (QED) is 0.592. The highest BCUT2D eigenvalue weighted by Crippen LogP contribution is 2.34. The van der Waals surface area contributed by atoms with E-state index in [-0.39, 0.29) is 0 Å². The molecule has 0 atom stereocenters. The highest BCUT2D eigenvalue weighted by Gasteiger charge is 2.20. The molecule has 1 aromatic rings. The van der Waals surface area contributed by atoms with Gasteiger partial charge in [-0.1, -0.05) is 12.1 Å². The minimum absolute atomic E-state index is 0.768. The van der Waals surface area contributed by atoms with Crippen LogP contribution in [0.4, 0.5) is 0 Å². The van der Waals surface area contributed by atoms with Crippen LogP contribution in [0.5, 0.6) is 0 Å². The van der Waals surface area contributed by atoms with Crippen molar-refractivity contribution in [3.05, 3.63) is 29.8 Å². The summed E-state index contributed by atoms with van der Waals surface area (Å²) in [5.74, 6) is 2.28. The molecule has 0 aromatic heterocycles. The van der Waals surface area contributed by atoms with E-state index in [9.17, 15) is 0 Å². The number of rotatable bonds is 6. The summed E-state index contributed by atoms with van der Waals surface area (Å²) in [6, 6.07) is 8.70. The van der Waals surface area contributed by atoms with Gasteiger partial charge in [0.05, 0.1) is 7.11 Å². The summed E-state index contributed by atoms with van der Waals surface area (Å²) in [6.45, 7) is 0.768. The molecule has 1 aliphatic carbocycles. The van der Waals surface area contributed by atoms with Gasteiger partial charge in [-0.2, -0.15) is 5.48 Å². The molecule has 0 saturated heterocycles. The zero-order valence-corrected chi connectivity index (χ0v) is 9.85. The number of benzene rings is 1. The Morgan fingerprint density at radius 2 is 2.07 bits per heavy atom. The molecule has 0 aliphatic heterocycles. The molecule has 3 heteroatoms. The third-order valence-electron chi connectivity index (χ3n) is 2.53. The molecule has 0 radical (unpaired) electrons. The Morgan fingerprint density at radius 3 is 2.67 bits per heavy atom. The van der Waals surface area contributed by atoms with Crippen molar-refractivity contribution in [2.24, 2.45) is 5.92 Å². The van der Waals surface area contributed by atoms with Crippen LogP contribution in [0.25, 0.3) is 0 Å². The van der Waals surface area contributed by atoms with E-state index in [0.29, 0.717) is 0 Å². The highest BCUT2D eigenvalue weighted by molar-refractivity contribution is 7.99. The lowest BCUT2D eigenvalue weighted by Gasteiger charge is -2.04. The molecular formula is C12H17NOS. The van der Waals surface area contributed by atoms with Crippen LogP contribution in [0.3, 0.4) is 0 Å². The van der Waals surface area contributed by atoms with Gasteiger partial charge >= 0.3 is 0 Å². The first-order chi connectivity index (χ1) is 7.38. The van der Waals surface area contributed by atoms with E-state index in [1.807, 2.05) is 11.8 Å². The Balaban J connectivity index is 1.79. The van der Waals surface area contributed by atoms with Crippen molar-refractivity contribution in [1.29, 1.82) is 0 Å². The molecule has 1 aliphatic rings. The summed E-state index contributed by atoms with van der Waals surface area (Å²) in [5.41, 5.74) is 4.09. The van der Waals surface area contributed by atoms with Gasteiger partial charge in [-0.05, 0) is 36.5 Å². The van der Waals surface area contributed by atoms with E-state index in [1.165, 1.54) is 29.1 Å². The van der Waals surface area contributed by atoms with Gasteiger partial charge in [0.15, 0.2) is 0 Å². The Hall–Kier alpha value is -0.510. The van der Waals surface area contributed by atoms with Gasteiger partial charge in [0.25, 0.3) is 0 Å². The summed E-state index contributed by atoms with van der Waals surface area (Å²) in [6.07, 6.45) is 2.87. The van der Waals surface area contributed by atoms with Crippen LogP contribution >= 0.6 is 11.8 Å². The number of nitrogens with one attached hydrogen (secondary N) is 1. The lowest BCUT2D eigenvalue weighted by atomic mass is 10.2. The summed E-state index contributed by atoms with van der Waals surface area (Å²) < 4.78 is 0. The molecule has 0 spiro atoms. The topological polar surface area (TPSA) is 21.3 Å². The van der Waals surface area contributed by atoms with E-state index < -0.39 is 0 Å². The van der Waals surface area contributed by atoms with Crippen LogP contribution in [0.15, 0.2) is 29.2 Å². The third-order valence-corrected chi connectivity index (χ3v) is 3.77. The molecule has 0 unspecified atom stereocenters. The summed E-state index contributed by atoms with van der Waals surface area (Å²) in [5, 5.41) is 0. The molecule has 0 bridgehead atoms. The van der Waals surface area contributed by atoms with Crippen molar-refractivity contribution >= 4 is 11.8 Å². The van der Waals surface area contributed by atoms with Crippen molar-refractivity contribution in [2.75, 3.05) is 12.9 Å². The normalized spacial score (nSPS) is 15.5.